The number of carbonyl (C=O) groups is 2. The molecule has 0 radical (unpaired) electrons. The number of rotatable bonds is 12. The van der Waals surface area contributed by atoms with Gasteiger partial charge in [0.1, 0.15) is 6.54 Å². The molecule has 0 aliphatic carbocycles. The molecule has 0 atom stereocenters. The van der Waals surface area contributed by atoms with Gasteiger partial charge in [-0.3, -0.25) is 4.79 Å². The molecule has 3 amide bonds. The van der Waals surface area contributed by atoms with E-state index in [4.69, 9.17) is 4.74 Å². The fourth-order valence-electron chi connectivity index (χ4n) is 4.80. The van der Waals surface area contributed by atoms with Crippen LogP contribution in [0.3, 0.4) is 0 Å². The summed E-state index contributed by atoms with van der Waals surface area (Å²) >= 11 is 0. The van der Waals surface area contributed by atoms with Gasteiger partial charge >= 0.3 is 6.03 Å². The summed E-state index contributed by atoms with van der Waals surface area (Å²) in [7, 11) is 1.64. The van der Waals surface area contributed by atoms with E-state index in [1.54, 1.807) is 12.0 Å². The molecule has 0 unspecified atom stereocenters. The minimum atomic E-state index is -0.284. The molecule has 0 saturated heterocycles. The van der Waals surface area contributed by atoms with Crippen molar-refractivity contribution in [1.82, 2.24) is 14.8 Å². The molecule has 7 nitrogen and oxygen atoms in total. The molecular formula is C32H38N4O3. The second kappa shape index (κ2) is 13.6. The number of ether oxygens (including phenoxy) is 1. The number of amides is 3. The normalized spacial score (nSPS) is 10.9. The predicted octanol–water partition coefficient (Wildman–Crippen LogP) is 5.93. The molecule has 4 aromatic rings. The summed E-state index contributed by atoms with van der Waals surface area (Å²) in [5.41, 5.74) is 6.05. The summed E-state index contributed by atoms with van der Waals surface area (Å²) in [5, 5.41) is 4.21. The van der Waals surface area contributed by atoms with E-state index in [0.717, 1.165) is 27.9 Å². The monoisotopic (exact) mass is 526 g/mol. The lowest BCUT2D eigenvalue weighted by atomic mass is 10.1. The summed E-state index contributed by atoms with van der Waals surface area (Å²) in [6.07, 6.45) is 3.36. The van der Waals surface area contributed by atoms with Crippen LogP contribution in [-0.4, -0.2) is 60.1 Å². The minimum absolute atomic E-state index is 0.0127. The van der Waals surface area contributed by atoms with Crippen molar-refractivity contribution >= 4 is 28.5 Å². The average Bonchev–Trinajstić information content (AvgIpc) is 3.36. The quantitative estimate of drug-likeness (QED) is 0.225. The van der Waals surface area contributed by atoms with Crippen LogP contribution >= 0.6 is 0 Å². The number of hydrogen-bond donors (Lipinski definition) is 2. The second-order valence-corrected chi connectivity index (χ2v) is 9.88. The summed E-state index contributed by atoms with van der Waals surface area (Å²) in [5.74, 6) is -0.0900. The zero-order valence-corrected chi connectivity index (χ0v) is 23.1. The fourth-order valence-corrected chi connectivity index (χ4v) is 4.80. The Bertz CT molecular complexity index is 1360. The maximum absolute atomic E-state index is 13.8. The van der Waals surface area contributed by atoms with Crippen LogP contribution in [0.4, 0.5) is 10.5 Å². The van der Waals surface area contributed by atoms with Crippen molar-refractivity contribution in [1.29, 1.82) is 0 Å². The van der Waals surface area contributed by atoms with Gasteiger partial charge < -0.3 is 24.8 Å². The van der Waals surface area contributed by atoms with Crippen LogP contribution in [0, 0.1) is 13.8 Å². The van der Waals surface area contributed by atoms with Gasteiger partial charge in [-0.1, -0.05) is 66.7 Å². The number of hydrogen-bond acceptors (Lipinski definition) is 3. The van der Waals surface area contributed by atoms with Crippen LogP contribution in [0.5, 0.6) is 0 Å². The largest absolute Gasteiger partial charge is 0.385 e. The molecule has 0 aliphatic heterocycles. The Morgan fingerprint density at radius 1 is 0.872 bits per heavy atom. The van der Waals surface area contributed by atoms with E-state index in [0.29, 0.717) is 39.1 Å². The number of aryl methyl sites for hydroxylation is 2. The standard InChI is InChI=1S/C32H38N4O3/c1-24-11-9-12-25(2)31(24)34-32(38)36(18-10-20-39-3)23-30(37)35(22-26-13-5-4-6-14-26)19-17-27-21-33-29-16-8-7-15-28(27)29/h4-9,11-16,21,33H,10,17-20,22-23H2,1-3H3,(H,34,38). The van der Waals surface area contributed by atoms with Gasteiger partial charge in [0.05, 0.1) is 0 Å². The molecule has 4 rings (SSSR count). The third kappa shape index (κ3) is 7.48. The molecule has 3 aromatic carbocycles. The topological polar surface area (TPSA) is 77.7 Å². The zero-order chi connectivity index (χ0) is 27.6. The number of aromatic nitrogens is 1. The Labute approximate surface area is 230 Å². The van der Waals surface area contributed by atoms with E-state index in [9.17, 15) is 9.59 Å². The Morgan fingerprint density at radius 2 is 1.59 bits per heavy atom. The van der Waals surface area contributed by atoms with Crippen LogP contribution in [-0.2, 0) is 22.5 Å². The summed E-state index contributed by atoms with van der Waals surface area (Å²) in [6.45, 7) is 5.87. The first-order valence-corrected chi connectivity index (χ1v) is 13.4. The maximum atomic E-state index is 13.8. The number of anilines is 1. The lowest BCUT2D eigenvalue weighted by Gasteiger charge is -2.28. The van der Waals surface area contributed by atoms with Gasteiger partial charge in [0.25, 0.3) is 0 Å². The SMILES string of the molecule is COCCCN(CC(=O)N(CCc1c[nH]c2ccccc12)Cc1ccccc1)C(=O)Nc1c(C)cccc1C. The third-order valence-corrected chi connectivity index (χ3v) is 7.00. The van der Waals surface area contributed by atoms with Crippen LogP contribution in [0.15, 0.2) is 79.0 Å². The maximum Gasteiger partial charge on any atom is 0.322 e. The first kappa shape index (κ1) is 27.9. The van der Waals surface area contributed by atoms with Crippen molar-refractivity contribution in [3.05, 3.63) is 101 Å². The van der Waals surface area contributed by atoms with E-state index in [-0.39, 0.29) is 18.5 Å². The first-order valence-electron chi connectivity index (χ1n) is 13.4. The van der Waals surface area contributed by atoms with Gasteiger partial charge in [-0.2, -0.15) is 0 Å². The number of aromatic amines is 1. The molecule has 0 aliphatic rings. The molecule has 1 heterocycles. The van der Waals surface area contributed by atoms with Crippen molar-refractivity contribution in [2.45, 2.75) is 33.2 Å². The minimum Gasteiger partial charge on any atom is -0.385 e. The van der Waals surface area contributed by atoms with E-state index < -0.39 is 0 Å². The van der Waals surface area contributed by atoms with E-state index in [1.165, 1.54) is 10.9 Å². The molecule has 7 heteroatoms. The van der Waals surface area contributed by atoms with Crippen molar-refractivity contribution < 1.29 is 14.3 Å². The predicted molar refractivity (Wildman–Crippen MR) is 157 cm³/mol. The summed E-state index contributed by atoms with van der Waals surface area (Å²) in [4.78, 5) is 34.0. The number of benzene rings is 3. The van der Waals surface area contributed by atoms with E-state index in [2.05, 4.69) is 22.4 Å². The first-order chi connectivity index (χ1) is 19.0. The van der Waals surface area contributed by atoms with Gasteiger partial charge in [-0.25, -0.2) is 4.79 Å². The van der Waals surface area contributed by atoms with Crippen LogP contribution in [0.2, 0.25) is 0 Å². The molecule has 0 fully saturated rings. The molecule has 0 bridgehead atoms. The lowest BCUT2D eigenvalue weighted by Crippen LogP contribution is -2.45. The zero-order valence-electron chi connectivity index (χ0n) is 23.1. The van der Waals surface area contributed by atoms with Gasteiger partial charge in [0, 0.05) is 56.1 Å². The van der Waals surface area contributed by atoms with Gasteiger partial charge in [-0.05, 0) is 55.0 Å². The highest BCUT2D eigenvalue weighted by atomic mass is 16.5. The van der Waals surface area contributed by atoms with Crippen molar-refractivity contribution in [3.63, 3.8) is 0 Å². The summed E-state index contributed by atoms with van der Waals surface area (Å²) in [6, 6.07) is 23.8. The van der Waals surface area contributed by atoms with Gasteiger partial charge in [0.2, 0.25) is 5.91 Å². The Kier molecular flexibility index (Phi) is 9.75. The van der Waals surface area contributed by atoms with Crippen LogP contribution < -0.4 is 5.32 Å². The lowest BCUT2D eigenvalue weighted by molar-refractivity contribution is -0.132. The number of fused-ring (bicyclic) bond motifs is 1. The highest BCUT2D eigenvalue weighted by Crippen LogP contribution is 2.21. The number of carbonyl (C=O) groups excluding carboxylic acids is 2. The molecule has 204 valence electrons. The Morgan fingerprint density at radius 3 is 2.33 bits per heavy atom. The molecule has 0 spiro atoms. The third-order valence-electron chi connectivity index (χ3n) is 7.00. The number of methoxy groups -OCH3 is 1. The number of para-hydroxylation sites is 2. The Balaban J connectivity index is 1.52. The number of nitrogens with one attached hydrogen (secondary N) is 2. The van der Waals surface area contributed by atoms with Crippen LogP contribution in [0.25, 0.3) is 10.9 Å². The Hall–Kier alpha value is -4.10. The molecule has 2 N–H and O–H groups in total. The fraction of sp³-hybridized carbons (Fsp3) is 0.312. The average molecular weight is 527 g/mol. The van der Waals surface area contributed by atoms with Crippen molar-refractivity contribution in [2.75, 3.05) is 38.7 Å². The van der Waals surface area contributed by atoms with Crippen molar-refractivity contribution in [3.8, 4) is 0 Å². The number of nitrogens with zero attached hydrogens (tertiary/aromatic N) is 2. The number of H-pyrrole nitrogens is 1. The summed E-state index contributed by atoms with van der Waals surface area (Å²) < 4.78 is 5.22. The molecular weight excluding hydrogens is 488 g/mol. The highest BCUT2D eigenvalue weighted by Gasteiger charge is 2.23. The van der Waals surface area contributed by atoms with E-state index in [1.807, 2.05) is 85.6 Å². The highest BCUT2D eigenvalue weighted by molar-refractivity contribution is 5.93. The van der Waals surface area contributed by atoms with E-state index >= 15 is 0 Å². The molecule has 0 saturated carbocycles. The van der Waals surface area contributed by atoms with Gasteiger partial charge in [0.15, 0.2) is 0 Å². The van der Waals surface area contributed by atoms with Crippen molar-refractivity contribution in [2.24, 2.45) is 0 Å². The van der Waals surface area contributed by atoms with Gasteiger partial charge in [-0.15, -0.1) is 0 Å². The second-order valence-electron chi connectivity index (χ2n) is 9.88. The smallest absolute Gasteiger partial charge is 0.322 e. The molecule has 1 aromatic heterocycles. The number of urea groups is 1. The van der Waals surface area contributed by atoms with Crippen LogP contribution in [0.1, 0.15) is 28.7 Å². The molecule has 39 heavy (non-hydrogen) atoms.